The molecule has 138 valence electrons. The SMILES string of the molecule is CN=C(NCCCOC1CCOC1)NCC1(c2ccccc2F)CC1. The van der Waals surface area contributed by atoms with Gasteiger partial charge in [-0.25, -0.2) is 4.39 Å². The zero-order valence-corrected chi connectivity index (χ0v) is 14.9. The Kier molecular flexibility index (Phi) is 6.26. The van der Waals surface area contributed by atoms with E-state index >= 15 is 0 Å². The number of rotatable bonds is 8. The highest BCUT2D eigenvalue weighted by molar-refractivity contribution is 5.79. The highest BCUT2D eigenvalue weighted by Gasteiger charge is 2.45. The second-order valence-electron chi connectivity index (χ2n) is 6.82. The van der Waals surface area contributed by atoms with Gasteiger partial charge in [-0.15, -0.1) is 0 Å². The Morgan fingerprint density at radius 3 is 2.88 bits per heavy atom. The number of halogens is 1. The third kappa shape index (κ3) is 4.92. The number of benzene rings is 1. The van der Waals surface area contributed by atoms with E-state index in [-0.39, 0.29) is 17.3 Å². The fourth-order valence-electron chi connectivity index (χ4n) is 3.23. The molecule has 1 aromatic rings. The third-order valence-corrected chi connectivity index (χ3v) is 4.97. The van der Waals surface area contributed by atoms with Crippen molar-refractivity contribution in [3.8, 4) is 0 Å². The molecule has 6 heteroatoms. The maximum Gasteiger partial charge on any atom is 0.191 e. The summed E-state index contributed by atoms with van der Waals surface area (Å²) in [5.41, 5.74) is 0.722. The molecule has 1 aliphatic carbocycles. The molecule has 1 saturated heterocycles. The van der Waals surface area contributed by atoms with Gasteiger partial charge in [-0.3, -0.25) is 4.99 Å². The molecule has 1 aromatic carbocycles. The predicted molar refractivity (Wildman–Crippen MR) is 96.5 cm³/mol. The monoisotopic (exact) mass is 349 g/mol. The minimum atomic E-state index is -0.113. The van der Waals surface area contributed by atoms with Crippen molar-refractivity contribution in [3.05, 3.63) is 35.6 Å². The highest BCUT2D eigenvalue weighted by atomic mass is 19.1. The van der Waals surface area contributed by atoms with Gasteiger partial charge in [0.1, 0.15) is 5.82 Å². The molecule has 0 spiro atoms. The number of hydrogen-bond acceptors (Lipinski definition) is 3. The first-order chi connectivity index (χ1) is 12.2. The minimum Gasteiger partial charge on any atom is -0.379 e. The van der Waals surface area contributed by atoms with E-state index in [4.69, 9.17) is 9.47 Å². The van der Waals surface area contributed by atoms with Crippen LogP contribution in [-0.2, 0) is 14.9 Å². The molecule has 2 fully saturated rings. The van der Waals surface area contributed by atoms with Crippen LogP contribution in [0.5, 0.6) is 0 Å². The fraction of sp³-hybridized carbons (Fsp3) is 0.632. The number of hydrogen-bond donors (Lipinski definition) is 2. The van der Waals surface area contributed by atoms with Crippen molar-refractivity contribution in [2.75, 3.05) is 40.0 Å². The van der Waals surface area contributed by atoms with Crippen LogP contribution in [0.1, 0.15) is 31.2 Å². The lowest BCUT2D eigenvalue weighted by Crippen LogP contribution is -2.42. The Labute approximate surface area is 149 Å². The van der Waals surface area contributed by atoms with Crippen LogP contribution in [0.2, 0.25) is 0 Å². The average Bonchev–Trinajstić information content (AvgIpc) is 3.23. The van der Waals surface area contributed by atoms with Gasteiger partial charge in [0.05, 0.1) is 12.7 Å². The zero-order valence-electron chi connectivity index (χ0n) is 14.9. The van der Waals surface area contributed by atoms with Crippen LogP contribution in [0, 0.1) is 5.82 Å². The molecule has 25 heavy (non-hydrogen) atoms. The van der Waals surface area contributed by atoms with Gasteiger partial charge >= 0.3 is 0 Å². The smallest absolute Gasteiger partial charge is 0.191 e. The molecular formula is C19H28FN3O2. The van der Waals surface area contributed by atoms with Crippen LogP contribution >= 0.6 is 0 Å². The molecule has 1 atom stereocenters. The Balaban J connectivity index is 1.37. The van der Waals surface area contributed by atoms with Crippen molar-refractivity contribution in [2.24, 2.45) is 4.99 Å². The van der Waals surface area contributed by atoms with Crippen LogP contribution in [0.3, 0.4) is 0 Å². The van der Waals surface area contributed by atoms with Crippen molar-refractivity contribution in [1.82, 2.24) is 10.6 Å². The number of ether oxygens (including phenoxy) is 2. The lowest BCUT2D eigenvalue weighted by atomic mass is 9.95. The summed E-state index contributed by atoms with van der Waals surface area (Å²) in [7, 11) is 1.75. The lowest BCUT2D eigenvalue weighted by Gasteiger charge is -2.19. The van der Waals surface area contributed by atoms with E-state index in [0.717, 1.165) is 63.6 Å². The summed E-state index contributed by atoms with van der Waals surface area (Å²) in [6.45, 7) is 3.73. The Morgan fingerprint density at radius 2 is 2.20 bits per heavy atom. The van der Waals surface area contributed by atoms with E-state index in [1.165, 1.54) is 6.07 Å². The molecule has 1 saturated carbocycles. The number of nitrogens with one attached hydrogen (secondary N) is 2. The van der Waals surface area contributed by atoms with E-state index in [1.807, 2.05) is 12.1 Å². The standard InChI is InChI=1S/C19H28FN3O2/c1-21-18(22-10-4-11-25-15-7-12-24-13-15)23-14-19(8-9-19)16-5-2-3-6-17(16)20/h2-3,5-6,15H,4,7-14H2,1H3,(H2,21,22,23). The molecule has 3 rings (SSSR count). The maximum atomic E-state index is 14.1. The summed E-state index contributed by atoms with van der Waals surface area (Å²) < 4.78 is 25.1. The van der Waals surface area contributed by atoms with Gasteiger partial charge in [0, 0.05) is 38.8 Å². The third-order valence-electron chi connectivity index (χ3n) is 4.97. The number of guanidine groups is 1. The van der Waals surface area contributed by atoms with Crippen molar-refractivity contribution >= 4 is 5.96 Å². The van der Waals surface area contributed by atoms with Gasteiger partial charge in [0.25, 0.3) is 0 Å². The van der Waals surface area contributed by atoms with Crippen LogP contribution in [0.15, 0.2) is 29.3 Å². The van der Waals surface area contributed by atoms with Crippen molar-refractivity contribution in [2.45, 2.75) is 37.2 Å². The summed E-state index contributed by atoms with van der Waals surface area (Å²) >= 11 is 0. The van der Waals surface area contributed by atoms with Crippen LogP contribution in [-0.4, -0.2) is 52.0 Å². The summed E-state index contributed by atoms with van der Waals surface area (Å²) in [5.74, 6) is 0.643. The normalized spacial score (nSPS) is 22.0. The first kappa shape index (κ1) is 18.1. The van der Waals surface area contributed by atoms with Gasteiger partial charge in [-0.1, -0.05) is 18.2 Å². The number of nitrogens with zero attached hydrogens (tertiary/aromatic N) is 1. The summed E-state index contributed by atoms with van der Waals surface area (Å²) in [5, 5.41) is 6.64. The van der Waals surface area contributed by atoms with Crippen LogP contribution in [0.4, 0.5) is 4.39 Å². The largest absolute Gasteiger partial charge is 0.379 e. The summed E-state index contributed by atoms with van der Waals surface area (Å²) in [6, 6.07) is 7.08. The van der Waals surface area contributed by atoms with Gasteiger partial charge in [-0.2, -0.15) is 0 Å². The molecule has 1 aliphatic heterocycles. The first-order valence-corrected chi connectivity index (χ1v) is 9.12. The molecule has 2 N–H and O–H groups in total. The molecule has 0 aromatic heterocycles. The summed E-state index contributed by atoms with van der Waals surface area (Å²) in [6.07, 6.45) is 4.18. The lowest BCUT2D eigenvalue weighted by molar-refractivity contribution is 0.0420. The molecule has 0 amide bonds. The Morgan fingerprint density at radius 1 is 1.36 bits per heavy atom. The molecular weight excluding hydrogens is 321 g/mol. The van der Waals surface area contributed by atoms with E-state index in [9.17, 15) is 4.39 Å². The van der Waals surface area contributed by atoms with Crippen LogP contribution in [0.25, 0.3) is 0 Å². The van der Waals surface area contributed by atoms with Gasteiger partial charge in [-0.05, 0) is 37.3 Å². The topological polar surface area (TPSA) is 54.9 Å². The summed E-state index contributed by atoms with van der Waals surface area (Å²) in [4.78, 5) is 4.25. The van der Waals surface area contributed by atoms with Crippen molar-refractivity contribution in [1.29, 1.82) is 0 Å². The molecule has 5 nitrogen and oxygen atoms in total. The van der Waals surface area contributed by atoms with E-state index in [0.29, 0.717) is 6.54 Å². The quantitative estimate of drug-likeness (QED) is 0.429. The Bertz CT molecular complexity index is 584. The predicted octanol–water partition coefficient (Wildman–Crippen LogP) is 2.22. The molecule has 2 aliphatic rings. The van der Waals surface area contributed by atoms with Crippen LogP contribution < -0.4 is 10.6 Å². The van der Waals surface area contributed by atoms with Crippen molar-refractivity contribution < 1.29 is 13.9 Å². The number of aliphatic imine (C=N–C) groups is 1. The molecule has 1 heterocycles. The minimum absolute atomic E-state index is 0.0887. The zero-order chi connectivity index (χ0) is 17.5. The Hall–Kier alpha value is -1.66. The van der Waals surface area contributed by atoms with E-state index < -0.39 is 0 Å². The van der Waals surface area contributed by atoms with Gasteiger partial charge in [0.15, 0.2) is 5.96 Å². The molecule has 0 bridgehead atoms. The molecule has 1 unspecified atom stereocenters. The fourth-order valence-corrected chi connectivity index (χ4v) is 3.23. The second kappa shape index (κ2) is 8.63. The van der Waals surface area contributed by atoms with Gasteiger partial charge in [0.2, 0.25) is 0 Å². The first-order valence-electron chi connectivity index (χ1n) is 9.12. The highest BCUT2D eigenvalue weighted by Crippen LogP contribution is 2.48. The van der Waals surface area contributed by atoms with Crippen molar-refractivity contribution in [3.63, 3.8) is 0 Å². The van der Waals surface area contributed by atoms with Gasteiger partial charge < -0.3 is 20.1 Å². The molecule has 0 radical (unpaired) electrons. The average molecular weight is 349 g/mol. The van der Waals surface area contributed by atoms with E-state index in [2.05, 4.69) is 15.6 Å². The maximum absolute atomic E-state index is 14.1. The second-order valence-corrected chi connectivity index (χ2v) is 6.82. The van der Waals surface area contributed by atoms with E-state index in [1.54, 1.807) is 13.1 Å².